The van der Waals surface area contributed by atoms with Crippen LogP contribution in [0.1, 0.15) is 56.2 Å². The van der Waals surface area contributed by atoms with Gasteiger partial charge >= 0.3 is 0 Å². The van der Waals surface area contributed by atoms with E-state index in [0.717, 1.165) is 36.8 Å². The molecule has 2 aromatic rings. The number of methoxy groups -OCH3 is 1. The minimum absolute atomic E-state index is 0.00829. The molecule has 2 amide bonds. The summed E-state index contributed by atoms with van der Waals surface area (Å²) < 4.78 is 11.2. The number of piperazine rings is 1. The van der Waals surface area contributed by atoms with Gasteiger partial charge in [-0.1, -0.05) is 55.7 Å². The Morgan fingerprint density at radius 3 is 2.42 bits per heavy atom. The molecule has 2 aromatic carbocycles. The van der Waals surface area contributed by atoms with Gasteiger partial charge in [0.15, 0.2) is 11.5 Å². The molecule has 0 spiro atoms. The van der Waals surface area contributed by atoms with E-state index in [1.54, 1.807) is 12.0 Å². The van der Waals surface area contributed by atoms with Crippen LogP contribution in [0, 0.1) is 0 Å². The summed E-state index contributed by atoms with van der Waals surface area (Å²) >= 11 is 0. The molecule has 1 aliphatic carbocycles. The molecule has 1 saturated carbocycles. The van der Waals surface area contributed by atoms with Crippen LogP contribution in [0.3, 0.4) is 0 Å². The van der Waals surface area contributed by atoms with Gasteiger partial charge in [-0.3, -0.25) is 9.59 Å². The Morgan fingerprint density at radius 2 is 1.73 bits per heavy atom. The average molecular weight is 451 g/mol. The summed E-state index contributed by atoms with van der Waals surface area (Å²) in [6, 6.07) is 15.2. The van der Waals surface area contributed by atoms with Crippen molar-refractivity contribution < 1.29 is 19.1 Å². The van der Waals surface area contributed by atoms with Crippen molar-refractivity contribution in [2.24, 2.45) is 0 Å². The molecule has 0 N–H and O–H groups in total. The average Bonchev–Trinajstić information content (AvgIpc) is 2.86. The van der Waals surface area contributed by atoms with Gasteiger partial charge in [-0.2, -0.15) is 0 Å². The monoisotopic (exact) mass is 450 g/mol. The van der Waals surface area contributed by atoms with Gasteiger partial charge in [0.05, 0.1) is 13.7 Å². The van der Waals surface area contributed by atoms with Crippen molar-refractivity contribution >= 4 is 11.8 Å². The molecular weight excluding hydrogens is 416 g/mol. The summed E-state index contributed by atoms with van der Waals surface area (Å²) in [5.74, 6) is 1.24. The van der Waals surface area contributed by atoms with Gasteiger partial charge in [0.2, 0.25) is 5.91 Å². The van der Waals surface area contributed by atoms with E-state index in [4.69, 9.17) is 9.47 Å². The summed E-state index contributed by atoms with van der Waals surface area (Å²) in [6.07, 6.45) is 6.08. The van der Waals surface area contributed by atoms with Gasteiger partial charge < -0.3 is 19.3 Å². The number of carbonyl (C=O) groups excluding carboxylic acids is 2. The topological polar surface area (TPSA) is 59.1 Å². The molecule has 1 aliphatic heterocycles. The number of carbonyl (C=O) groups is 2. The zero-order chi connectivity index (χ0) is 23.2. The third-order valence-electron chi connectivity index (χ3n) is 6.76. The fourth-order valence-corrected chi connectivity index (χ4v) is 5.05. The molecule has 6 heteroatoms. The number of ether oxygens (including phenoxy) is 2. The van der Waals surface area contributed by atoms with E-state index in [9.17, 15) is 9.59 Å². The second kappa shape index (κ2) is 10.7. The normalized spacial score (nSPS) is 19.6. The van der Waals surface area contributed by atoms with Gasteiger partial charge in [0.1, 0.15) is 12.6 Å². The maximum Gasteiger partial charge on any atom is 0.250 e. The highest BCUT2D eigenvalue weighted by Crippen LogP contribution is 2.36. The molecule has 2 aliphatic rings. The lowest BCUT2D eigenvalue weighted by Crippen LogP contribution is -2.58. The zero-order valence-corrected chi connectivity index (χ0v) is 19.7. The predicted molar refractivity (Wildman–Crippen MR) is 127 cm³/mol. The van der Waals surface area contributed by atoms with Crippen LogP contribution in [0.25, 0.3) is 0 Å². The van der Waals surface area contributed by atoms with Gasteiger partial charge in [0, 0.05) is 12.6 Å². The second-order valence-electron chi connectivity index (χ2n) is 8.83. The number of nitrogens with zero attached hydrogens (tertiary/aromatic N) is 2. The van der Waals surface area contributed by atoms with Crippen LogP contribution in [0.4, 0.5) is 0 Å². The first kappa shape index (κ1) is 23.1. The second-order valence-corrected chi connectivity index (χ2v) is 8.83. The lowest BCUT2D eigenvalue weighted by atomic mass is 9.91. The van der Waals surface area contributed by atoms with E-state index in [1.165, 1.54) is 6.42 Å². The summed E-state index contributed by atoms with van der Waals surface area (Å²) in [6.45, 7) is 3.11. The zero-order valence-electron chi connectivity index (χ0n) is 19.7. The lowest BCUT2D eigenvalue weighted by molar-refractivity contribution is -0.159. The number of amides is 2. The maximum absolute atomic E-state index is 13.9. The van der Waals surface area contributed by atoms with Crippen LogP contribution in [0.2, 0.25) is 0 Å². The summed E-state index contributed by atoms with van der Waals surface area (Å²) in [5.41, 5.74) is 1.91. The van der Waals surface area contributed by atoms with E-state index >= 15 is 0 Å². The molecule has 4 rings (SSSR count). The molecular formula is C27H34N2O4. The van der Waals surface area contributed by atoms with Crippen molar-refractivity contribution in [1.29, 1.82) is 0 Å². The van der Waals surface area contributed by atoms with Gasteiger partial charge in [-0.25, -0.2) is 0 Å². The van der Waals surface area contributed by atoms with E-state index in [2.05, 4.69) is 12.1 Å². The van der Waals surface area contributed by atoms with Crippen molar-refractivity contribution in [3.8, 4) is 11.5 Å². The highest BCUT2D eigenvalue weighted by atomic mass is 16.5. The molecule has 0 unspecified atom stereocenters. The van der Waals surface area contributed by atoms with Crippen LogP contribution in [-0.4, -0.2) is 54.5 Å². The minimum Gasteiger partial charge on any atom is -0.493 e. The van der Waals surface area contributed by atoms with Crippen molar-refractivity contribution in [3.63, 3.8) is 0 Å². The van der Waals surface area contributed by atoms with E-state index in [0.29, 0.717) is 31.1 Å². The molecule has 1 heterocycles. The Bertz CT molecular complexity index is 956. The smallest absolute Gasteiger partial charge is 0.250 e. The summed E-state index contributed by atoms with van der Waals surface area (Å²) in [4.78, 5) is 30.9. The van der Waals surface area contributed by atoms with Gasteiger partial charge in [-0.15, -0.1) is 0 Å². The van der Waals surface area contributed by atoms with Crippen molar-refractivity contribution in [3.05, 3.63) is 59.7 Å². The fourth-order valence-electron chi connectivity index (χ4n) is 5.05. The Labute approximate surface area is 196 Å². The standard InChI is InChI=1S/C27H34N2O4/c1-3-33-23-15-14-21(18-24(23)32-2)26-27(31)29(22-12-8-5-9-13-22)19-25(30)28(26)17-16-20-10-6-4-7-11-20/h4,6-7,10-11,14-15,18,22,26H,3,5,8-9,12-13,16-17,19H2,1-2H3/t26-/m0/s1. The van der Waals surface area contributed by atoms with E-state index < -0.39 is 6.04 Å². The van der Waals surface area contributed by atoms with Crippen LogP contribution in [0.5, 0.6) is 11.5 Å². The van der Waals surface area contributed by atoms with Crippen LogP contribution in [-0.2, 0) is 16.0 Å². The molecule has 0 radical (unpaired) electrons. The molecule has 1 saturated heterocycles. The summed E-state index contributed by atoms with van der Waals surface area (Å²) in [7, 11) is 1.59. The fraction of sp³-hybridized carbons (Fsp3) is 0.481. The minimum atomic E-state index is -0.651. The Morgan fingerprint density at radius 1 is 0.970 bits per heavy atom. The highest BCUT2D eigenvalue weighted by molar-refractivity contribution is 5.96. The maximum atomic E-state index is 13.9. The molecule has 6 nitrogen and oxygen atoms in total. The van der Waals surface area contributed by atoms with E-state index in [-0.39, 0.29) is 24.4 Å². The summed E-state index contributed by atoms with van der Waals surface area (Å²) in [5, 5.41) is 0. The molecule has 0 bridgehead atoms. The van der Waals surface area contributed by atoms with Gasteiger partial charge in [-0.05, 0) is 49.4 Å². The van der Waals surface area contributed by atoms with Crippen molar-refractivity contribution in [2.45, 2.75) is 57.5 Å². The predicted octanol–water partition coefficient (Wildman–Crippen LogP) is 4.38. The lowest BCUT2D eigenvalue weighted by Gasteiger charge is -2.44. The van der Waals surface area contributed by atoms with Crippen LogP contribution in [0.15, 0.2) is 48.5 Å². The Hall–Kier alpha value is -3.02. The molecule has 2 fully saturated rings. The third kappa shape index (κ3) is 5.15. The largest absolute Gasteiger partial charge is 0.493 e. The Kier molecular flexibility index (Phi) is 7.53. The number of hydrogen-bond acceptors (Lipinski definition) is 4. The molecule has 176 valence electrons. The van der Waals surface area contributed by atoms with Crippen LogP contribution < -0.4 is 9.47 Å². The van der Waals surface area contributed by atoms with Crippen molar-refractivity contribution in [1.82, 2.24) is 9.80 Å². The first-order valence-corrected chi connectivity index (χ1v) is 12.1. The first-order chi connectivity index (χ1) is 16.1. The van der Waals surface area contributed by atoms with E-state index in [1.807, 2.05) is 48.2 Å². The van der Waals surface area contributed by atoms with Gasteiger partial charge in [0.25, 0.3) is 5.91 Å². The quantitative estimate of drug-likeness (QED) is 0.599. The van der Waals surface area contributed by atoms with Crippen molar-refractivity contribution in [2.75, 3.05) is 26.8 Å². The highest BCUT2D eigenvalue weighted by Gasteiger charge is 2.43. The molecule has 33 heavy (non-hydrogen) atoms. The number of benzene rings is 2. The number of rotatable bonds is 8. The van der Waals surface area contributed by atoms with Crippen LogP contribution >= 0.6 is 0 Å². The molecule has 0 aromatic heterocycles. The number of hydrogen-bond donors (Lipinski definition) is 0. The SMILES string of the molecule is CCOc1ccc([C@H]2C(=O)N(C3CCCCC3)CC(=O)N2CCc2ccccc2)cc1OC. The Balaban J connectivity index is 1.66. The third-order valence-corrected chi connectivity index (χ3v) is 6.76. The molecule has 1 atom stereocenters. The first-order valence-electron chi connectivity index (χ1n) is 12.1.